The van der Waals surface area contributed by atoms with Crippen LogP contribution < -0.4 is 10.2 Å². The minimum atomic E-state index is -0.810. The van der Waals surface area contributed by atoms with E-state index < -0.39 is 6.17 Å². The van der Waals surface area contributed by atoms with E-state index in [4.69, 9.17) is 4.42 Å². The van der Waals surface area contributed by atoms with Crippen molar-refractivity contribution in [2.24, 2.45) is 0 Å². The van der Waals surface area contributed by atoms with Crippen LogP contribution >= 0.6 is 11.8 Å². The number of thioether (sulfide) groups is 1. The quantitative estimate of drug-likeness (QED) is 0.915. The molecule has 0 amide bonds. The standard InChI is InChI=1S/C13H21FN4OS/c1-9-16-17-13(19-9)18-7-10(14)5-12(18)6-15-11-3-2-4-20-8-11/h10-12,15H,2-8H2,1H3/t10-,11?,12-/m0/s1. The normalized spacial score (nSPS) is 30.9. The Bertz CT molecular complexity index is 438. The highest BCUT2D eigenvalue weighted by Gasteiger charge is 2.35. The molecule has 3 heterocycles. The second-order valence-electron chi connectivity index (χ2n) is 5.57. The fraction of sp³-hybridized carbons (Fsp3) is 0.846. The molecule has 1 N–H and O–H groups in total. The van der Waals surface area contributed by atoms with E-state index in [0.717, 1.165) is 12.3 Å². The number of nitrogens with zero attached hydrogens (tertiary/aromatic N) is 3. The van der Waals surface area contributed by atoms with Crippen molar-refractivity contribution in [1.29, 1.82) is 0 Å². The summed E-state index contributed by atoms with van der Waals surface area (Å²) < 4.78 is 19.2. The zero-order valence-electron chi connectivity index (χ0n) is 11.7. The second-order valence-corrected chi connectivity index (χ2v) is 6.71. The van der Waals surface area contributed by atoms with Crippen LogP contribution in [0.5, 0.6) is 0 Å². The molecule has 5 nitrogen and oxygen atoms in total. The lowest BCUT2D eigenvalue weighted by Crippen LogP contribution is -2.43. The number of hydrogen-bond donors (Lipinski definition) is 1. The molecule has 0 saturated carbocycles. The molecule has 112 valence electrons. The molecule has 1 aromatic rings. The summed E-state index contributed by atoms with van der Waals surface area (Å²) in [6.07, 6.45) is 2.22. The van der Waals surface area contributed by atoms with E-state index in [1.165, 1.54) is 18.6 Å². The molecular weight excluding hydrogens is 279 g/mol. The van der Waals surface area contributed by atoms with Crippen LogP contribution in [0.2, 0.25) is 0 Å². The number of alkyl halides is 1. The van der Waals surface area contributed by atoms with Crippen molar-refractivity contribution in [3.8, 4) is 0 Å². The molecule has 2 fully saturated rings. The molecule has 0 spiro atoms. The van der Waals surface area contributed by atoms with E-state index in [1.54, 1.807) is 6.92 Å². The Morgan fingerprint density at radius 2 is 2.40 bits per heavy atom. The van der Waals surface area contributed by atoms with Gasteiger partial charge in [0.2, 0.25) is 5.89 Å². The Morgan fingerprint density at radius 1 is 1.50 bits per heavy atom. The molecule has 20 heavy (non-hydrogen) atoms. The summed E-state index contributed by atoms with van der Waals surface area (Å²) in [4.78, 5) is 1.91. The first-order chi connectivity index (χ1) is 9.72. The van der Waals surface area contributed by atoms with Crippen molar-refractivity contribution in [3.05, 3.63) is 5.89 Å². The van der Waals surface area contributed by atoms with E-state index in [0.29, 0.717) is 30.9 Å². The van der Waals surface area contributed by atoms with Gasteiger partial charge in [0, 0.05) is 37.7 Å². The molecule has 3 atom stereocenters. The van der Waals surface area contributed by atoms with Gasteiger partial charge in [0.05, 0.1) is 6.54 Å². The fourth-order valence-corrected chi connectivity index (χ4v) is 4.00. The van der Waals surface area contributed by atoms with Crippen LogP contribution in [0.4, 0.5) is 10.4 Å². The highest BCUT2D eigenvalue weighted by molar-refractivity contribution is 7.99. The summed E-state index contributed by atoms with van der Waals surface area (Å²) in [6, 6.07) is 1.11. The van der Waals surface area contributed by atoms with Gasteiger partial charge in [-0.25, -0.2) is 4.39 Å². The zero-order valence-corrected chi connectivity index (χ0v) is 12.5. The van der Waals surface area contributed by atoms with Crippen LogP contribution in [0.25, 0.3) is 0 Å². The van der Waals surface area contributed by atoms with Crippen LogP contribution in [-0.2, 0) is 0 Å². The maximum absolute atomic E-state index is 13.7. The van der Waals surface area contributed by atoms with Crippen molar-refractivity contribution in [2.45, 2.75) is 44.4 Å². The van der Waals surface area contributed by atoms with E-state index >= 15 is 0 Å². The largest absolute Gasteiger partial charge is 0.408 e. The highest BCUT2D eigenvalue weighted by Crippen LogP contribution is 2.26. The molecule has 2 aliphatic rings. The topological polar surface area (TPSA) is 54.2 Å². The smallest absolute Gasteiger partial charge is 0.318 e. The summed E-state index contributed by atoms with van der Waals surface area (Å²) in [6.45, 7) is 2.90. The number of anilines is 1. The van der Waals surface area contributed by atoms with E-state index in [-0.39, 0.29) is 6.04 Å². The highest BCUT2D eigenvalue weighted by atomic mass is 32.2. The van der Waals surface area contributed by atoms with Gasteiger partial charge in [0.1, 0.15) is 6.17 Å². The molecule has 2 aliphatic heterocycles. The van der Waals surface area contributed by atoms with Crippen molar-refractivity contribution in [3.63, 3.8) is 0 Å². The minimum absolute atomic E-state index is 0.108. The minimum Gasteiger partial charge on any atom is -0.408 e. The van der Waals surface area contributed by atoms with Gasteiger partial charge >= 0.3 is 6.01 Å². The summed E-state index contributed by atoms with van der Waals surface area (Å²) >= 11 is 2.00. The number of aryl methyl sites for hydroxylation is 1. The van der Waals surface area contributed by atoms with Crippen LogP contribution in [0.1, 0.15) is 25.2 Å². The third kappa shape index (κ3) is 3.25. The summed E-state index contributed by atoms with van der Waals surface area (Å²) in [5.74, 6) is 2.95. The van der Waals surface area contributed by atoms with Gasteiger partial charge < -0.3 is 14.6 Å². The van der Waals surface area contributed by atoms with Crippen LogP contribution in [0.3, 0.4) is 0 Å². The van der Waals surface area contributed by atoms with Crippen molar-refractivity contribution >= 4 is 17.8 Å². The third-order valence-corrected chi connectivity index (χ3v) is 5.14. The lowest BCUT2D eigenvalue weighted by atomic mass is 10.1. The predicted octanol–water partition coefficient (Wildman–Crippen LogP) is 1.78. The summed E-state index contributed by atoms with van der Waals surface area (Å²) in [7, 11) is 0. The maximum atomic E-state index is 13.7. The van der Waals surface area contributed by atoms with Gasteiger partial charge in [-0.3, -0.25) is 0 Å². The molecule has 7 heteroatoms. The summed E-state index contributed by atoms with van der Waals surface area (Å²) in [5, 5.41) is 11.4. The SMILES string of the molecule is Cc1nnc(N2C[C@@H](F)C[C@H]2CNC2CCCSC2)o1. The van der Waals surface area contributed by atoms with E-state index in [9.17, 15) is 4.39 Å². The lowest BCUT2D eigenvalue weighted by molar-refractivity contribution is 0.352. The fourth-order valence-electron chi connectivity index (χ4n) is 2.89. The Kier molecular flexibility index (Phi) is 4.45. The van der Waals surface area contributed by atoms with Crippen LogP contribution in [-0.4, -0.2) is 53.0 Å². The van der Waals surface area contributed by atoms with E-state index in [2.05, 4.69) is 15.5 Å². The molecule has 0 aliphatic carbocycles. The van der Waals surface area contributed by atoms with Gasteiger partial charge in [-0.15, -0.1) is 5.10 Å². The first-order valence-electron chi connectivity index (χ1n) is 7.24. The van der Waals surface area contributed by atoms with Gasteiger partial charge in [0.15, 0.2) is 0 Å². The Morgan fingerprint density at radius 3 is 3.10 bits per heavy atom. The van der Waals surface area contributed by atoms with Gasteiger partial charge in [0.25, 0.3) is 0 Å². The monoisotopic (exact) mass is 300 g/mol. The Labute approximate surface area is 122 Å². The zero-order chi connectivity index (χ0) is 13.9. The molecule has 0 radical (unpaired) electrons. The number of aromatic nitrogens is 2. The van der Waals surface area contributed by atoms with Gasteiger partial charge in [-0.2, -0.15) is 11.8 Å². The predicted molar refractivity (Wildman–Crippen MR) is 78.0 cm³/mol. The molecule has 3 rings (SSSR count). The number of halogens is 1. The Balaban J connectivity index is 1.58. The Hall–Kier alpha value is -0.820. The van der Waals surface area contributed by atoms with Crippen LogP contribution in [0.15, 0.2) is 4.42 Å². The molecule has 2 saturated heterocycles. The average molecular weight is 300 g/mol. The van der Waals surface area contributed by atoms with Crippen molar-refractivity contribution in [2.75, 3.05) is 29.5 Å². The number of hydrogen-bond acceptors (Lipinski definition) is 6. The van der Waals surface area contributed by atoms with Gasteiger partial charge in [-0.05, 0) is 18.6 Å². The van der Waals surface area contributed by atoms with E-state index in [1.807, 2.05) is 16.7 Å². The summed E-state index contributed by atoms with van der Waals surface area (Å²) in [5.41, 5.74) is 0. The van der Waals surface area contributed by atoms with Gasteiger partial charge in [-0.1, -0.05) is 5.10 Å². The molecule has 1 aromatic heterocycles. The average Bonchev–Trinajstić information content (AvgIpc) is 3.03. The lowest BCUT2D eigenvalue weighted by Gasteiger charge is -2.27. The second kappa shape index (κ2) is 6.30. The molecule has 1 unspecified atom stereocenters. The number of nitrogens with one attached hydrogen (secondary N) is 1. The van der Waals surface area contributed by atoms with Crippen molar-refractivity contribution < 1.29 is 8.81 Å². The van der Waals surface area contributed by atoms with Crippen molar-refractivity contribution in [1.82, 2.24) is 15.5 Å². The molecule has 0 aromatic carbocycles. The molecular formula is C13H21FN4OS. The first-order valence-corrected chi connectivity index (χ1v) is 8.40. The van der Waals surface area contributed by atoms with Crippen LogP contribution in [0, 0.1) is 6.92 Å². The molecule has 0 bridgehead atoms. The maximum Gasteiger partial charge on any atom is 0.318 e. The first kappa shape index (κ1) is 14.1. The third-order valence-electron chi connectivity index (χ3n) is 3.93. The number of rotatable bonds is 4.